The molecule has 0 heterocycles. The first kappa shape index (κ1) is 10.8. The molecule has 0 bridgehead atoms. The van der Waals surface area contributed by atoms with Gasteiger partial charge in [0.25, 0.3) is 0 Å². The van der Waals surface area contributed by atoms with Crippen molar-refractivity contribution in [2.45, 2.75) is 6.92 Å². The summed E-state index contributed by atoms with van der Waals surface area (Å²) in [7, 11) is 0. The van der Waals surface area contributed by atoms with Gasteiger partial charge in [-0.3, -0.25) is 4.79 Å². The number of halogens is 2. The molecule has 5 heteroatoms. The van der Waals surface area contributed by atoms with Crippen molar-refractivity contribution in [1.29, 1.82) is 5.26 Å². The van der Waals surface area contributed by atoms with Crippen molar-refractivity contribution in [3.05, 3.63) is 27.7 Å². The van der Waals surface area contributed by atoms with Gasteiger partial charge in [0.2, 0.25) is 0 Å². The van der Waals surface area contributed by atoms with Gasteiger partial charge in [0.1, 0.15) is 11.1 Å². The molecule has 0 unspecified atom stereocenters. The zero-order valence-corrected chi connectivity index (χ0v) is 8.69. The van der Waals surface area contributed by atoms with Crippen molar-refractivity contribution < 1.29 is 9.53 Å². The van der Waals surface area contributed by atoms with Gasteiger partial charge in [-0.15, -0.1) is 0 Å². The van der Waals surface area contributed by atoms with Gasteiger partial charge in [-0.2, -0.15) is 5.26 Å². The molecule has 0 amide bonds. The van der Waals surface area contributed by atoms with E-state index < -0.39 is 5.97 Å². The maximum absolute atomic E-state index is 10.7. The molecule has 1 aromatic carbocycles. The molecule has 72 valence electrons. The van der Waals surface area contributed by atoms with E-state index in [0.717, 1.165) is 0 Å². The highest BCUT2D eigenvalue weighted by molar-refractivity contribution is 6.37. The quantitative estimate of drug-likeness (QED) is 0.550. The number of nitriles is 1. The Morgan fingerprint density at radius 2 is 2.14 bits per heavy atom. The third kappa shape index (κ3) is 2.16. The van der Waals surface area contributed by atoms with Crippen LogP contribution in [-0.4, -0.2) is 5.97 Å². The highest BCUT2D eigenvalue weighted by Gasteiger charge is 2.12. The summed E-state index contributed by atoms with van der Waals surface area (Å²) in [6.07, 6.45) is 0. The number of rotatable bonds is 1. The summed E-state index contributed by atoms with van der Waals surface area (Å²) in [6, 6.07) is 4.71. The monoisotopic (exact) mass is 229 g/mol. The van der Waals surface area contributed by atoms with Crippen LogP contribution in [0.4, 0.5) is 0 Å². The standard InChI is InChI=1S/C9H5Cl2NO2/c1-5(13)14-8-3-2-7(10)6(4-12)9(8)11/h2-3H,1H3. The largest absolute Gasteiger partial charge is 0.425 e. The number of hydrogen-bond acceptors (Lipinski definition) is 3. The van der Waals surface area contributed by atoms with Crippen molar-refractivity contribution in [3.8, 4) is 11.8 Å². The van der Waals surface area contributed by atoms with E-state index in [-0.39, 0.29) is 21.4 Å². The number of esters is 1. The van der Waals surface area contributed by atoms with Crippen LogP contribution in [0.15, 0.2) is 12.1 Å². The van der Waals surface area contributed by atoms with E-state index in [1.165, 1.54) is 19.1 Å². The molecule has 0 aliphatic rings. The molecule has 0 spiro atoms. The zero-order chi connectivity index (χ0) is 10.7. The fraction of sp³-hybridized carbons (Fsp3) is 0.111. The first-order valence-corrected chi connectivity index (χ1v) is 4.38. The Kier molecular flexibility index (Phi) is 3.34. The molecule has 0 aliphatic heterocycles. The van der Waals surface area contributed by atoms with E-state index >= 15 is 0 Å². The fourth-order valence-electron chi connectivity index (χ4n) is 0.870. The van der Waals surface area contributed by atoms with Gasteiger partial charge in [-0.05, 0) is 12.1 Å². The summed E-state index contributed by atoms with van der Waals surface area (Å²) >= 11 is 11.5. The number of carbonyl (C=O) groups excluding carboxylic acids is 1. The van der Waals surface area contributed by atoms with Gasteiger partial charge >= 0.3 is 5.97 Å². The van der Waals surface area contributed by atoms with Gasteiger partial charge in [0, 0.05) is 6.92 Å². The molecule has 14 heavy (non-hydrogen) atoms. The molecule has 0 saturated heterocycles. The van der Waals surface area contributed by atoms with Gasteiger partial charge in [0.15, 0.2) is 5.75 Å². The molecule has 0 radical (unpaired) electrons. The number of hydrogen-bond donors (Lipinski definition) is 0. The van der Waals surface area contributed by atoms with Crippen LogP contribution in [0.2, 0.25) is 10.0 Å². The molecule has 0 N–H and O–H groups in total. The molecule has 0 saturated carbocycles. The molecular formula is C9H5Cl2NO2. The van der Waals surface area contributed by atoms with Gasteiger partial charge in [0.05, 0.1) is 10.6 Å². The van der Waals surface area contributed by atoms with Crippen LogP contribution < -0.4 is 4.74 Å². The Hall–Kier alpha value is -1.24. The third-order valence-electron chi connectivity index (χ3n) is 1.42. The van der Waals surface area contributed by atoms with Crippen LogP contribution in [-0.2, 0) is 4.79 Å². The van der Waals surface area contributed by atoms with Crippen molar-refractivity contribution in [1.82, 2.24) is 0 Å². The minimum atomic E-state index is -0.502. The fourth-order valence-corrected chi connectivity index (χ4v) is 1.36. The summed E-state index contributed by atoms with van der Waals surface area (Å²) in [4.78, 5) is 10.7. The lowest BCUT2D eigenvalue weighted by Crippen LogP contribution is -2.02. The maximum Gasteiger partial charge on any atom is 0.308 e. The Labute approximate surface area is 90.8 Å². The summed E-state index contributed by atoms with van der Waals surface area (Å²) < 4.78 is 4.76. The minimum absolute atomic E-state index is 0.0511. The smallest absolute Gasteiger partial charge is 0.308 e. The first-order chi connectivity index (χ1) is 6.56. The highest BCUT2D eigenvalue weighted by Crippen LogP contribution is 2.32. The van der Waals surface area contributed by atoms with Gasteiger partial charge in [-0.1, -0.05) is 23.2 Å². The van der Waals surface area contributed by atoms with Gasteiger partial charge in [-0.25, -0.2) is 0 Å². The molecule has 3 nitrogen and oxygen atoms in total. The van der Waals surface area contributed by atoms with E-state index in [0.29, 0.717) is 0 Å². The van der Waals surface area contributed by atoms with Crippen LogP contribution in [0, 0.1) is 11.3 Å². The lowest BCUT2D eigenvalue weighted by atomic mass is 10.2. The minimum Gasteiger partial charge on any atom is -0.425 e. The van der Waals surface area contributed by atoms with Crippen molar-refractivity contribution >= 4 is 29.2 Å². The molecule has 1 aromatic rings. The van der Waals surface area contributed by atoms with Crippen LogP contribution >= 0.6 is 23.2 Å². The van der Waals surface area contributed by atoms with E-state index in [4.69, 9.17) is 33.2 Å². The number of carbonyl (C=O) groups is 1. The van der Waals surface area contributed by atoms with E-state index in [2.05, 4.69) is 0 Å². The Balaban J connectivity index is 3.23. The van der Waals surface area contributed by atoms with Crippen LogP contribution in [0.3, 0.4) is 0 Å². The molecular weight excluding hydrogens is 225 g/mol. The van der Waals surface area contributed by atoms with Crippen molar-refractivity contribution in [2.24, 2.45) is 0 Å². The number of nitrogens with zero attached hydrogens (tertiary/aromatic N) is 1. The second-order valence-electron chi connectivity index (χ2n) is 2.44. The lowest BCUT2D eigenvalue weighted by molar-refractivity contribution is -0.131. The van der Waals surface area contributed by atoms with Crippen LogP contribution in [0.25, 0.3) is 0 Å². The topological polar surface area (TPSA) is 50.1 Å². The summed E-state index contributed by atoms with van der Waals surface area (Å²) in [5.74, 6) is -0.363. The highest BCUT2D eigenvalue weighted by atomic mass is 35.5. The predicted molar refractivity (Wildman–Crippen MR) is 52.5 cm³/mol. The normalized spacial score (nSPS) is 9.29. The second kappa shape index (κ2) is 4.32. The summed E-state index contributed by atoms with van der Waals surface area (Å²) in [5.41, 5.74) is 0.104. The zero-order valence-electron chi connectivity index (χ0n) is 7.17. The SMILES string of the molecule is CC(=O)Oc1ccc(Cl)c(C#N)c1Cl. The molecule has 1 rings (SSSR count). The Morgan fingerprint density at radius 1 is 1.50 bits per heavy atom. The van der Waals surface area contributed by atoms with Crippen molar-refractivity contribution in [3.63, 3.8) is 0 Å². The lowest BCUT2D eigenvalue weighted by Gasteiger charge is -2.05. The predicted octanol–water partition coefficient (Wildman–Crippen LogP) is 2.79. The average Bonchev–Trinajstić information content (AvgIpc) is 2.10. The molecule has 0 atom stereocenters. The van der Waals surface area contributed by atoms with Crippen LogP contribution in [0.1, 0.15) is 12.5 Å². The molecule has 0 aromatic heterocycles. The second-order valence-corrected chi connectivity index (χ2v) is 3.23. The number of benzene rings is 1. The molecule has 0 aliphatic carbocycles. The Morgan fingerprint density at radius 3 is 2.64 bits per heavy atom. The average molecular weight is 230 g/mol. The summed E-state index contributed by atoms with van der Waals surface area (Å²) in [5, 5.41) is 8.98. The van der Waals surface area contributed by atoms with Crippen LogP contribution in [0.5, 0.6) is 5.75 Å². The van der Waals surface area contributed by atoms with E-state index in [9.17, 15) is 4.79 Å². The van der Waals surface area contributed by atoms with Crippen molar-refractivity contribution in [2.75, 3.05) is 0 Å². The van der Waals surface area contributed by atoms with E-state index in [1.54, 1.807) is 0 Å². The summed E-state index contributed by atoms with van der Waals surface area (Å²) in [6.45, 7) is 1.25. The van der Waals surface area contributed by atoms with E-state index in [1.807, 2.05) is 6.07 Å². The first-order valence-electron chi connectivity index (χ1n) is 3.62. The maximum atomic E-state index is 10.7. The number of ether oxygens (including phenoxy) is 1. The Bertz CT molecular complexity index is 424. The van der Waals surface area contributed by atoms with Gasteiger partial charge < -0.3 is 4.74 Å². The third-order valence-corrected chi connectivity index (χ3v) is 2.11. The molecule has 0 fully saturated rings.